The quantitative estimate of drug-likeness (QED) is 0.644. The van der Waals surface area contributed by atoms with Crippen LogP contribution < -0.4 is 11.2 Å². The Labute approximate surface area is 97.7 Å². The van der Waals surface area contributed by atoms with Gasteiger partial charge in [-0.1, -0.05) is 12.1 Å². The van der Waals surface area contributed by atoms with Gasteiger partial charge >= 0.3 is 7.12 Å². The second kappa shape index (κ2) is 4.53. The first-order chi connectivity index (χ1) is 8.08. The van der Waals surface area contributed by atoms with Crippen LogP contribution in [0.1, 0.15) is 0 Å². The van der Waals surface area contributed by atoms with Gasteiger partial charge in [0.25, 0.3) is 0 Å². The van der Waals surface area contributed by atoms with Gasteiger partial charge in [0.2, 0.25) is 0 Å². The van der Waals surface area contributed by atoms with E-state index in [1.807, 2.05) is 0 Å². The molecule has 0 bridgehead atoms. The Kier molecular flexibility index (Phi) is 3.08. The first-order valence-electron chi connectivity index (χ1n) is 4.95. The minimum absolute atomic E-state index is 0.207. The second-order valence-corrected chi connectivity index (χ2v) is 3.59. The first-order valence-corrected chi connectivity index (χ1v) is 4.95. The molecule has 0 aliphatic rings. The third-order valence-electron chi connectivity index (χ3n) is 2.37. The van der Waals surface area contributed by atoms with Crippen LogP contribution in [-0.4, -0.2) is 22.2 Å². The standard InChI is InChI=1S/C11H10BFN2O2/c13-9-3-1-2-7(4-9)10-5-8(12(16)17)6-15-11(10)14/h1-6,16-17H,(H2,14,15). The predicted molar refractivity (Wildman–Crippen MR) is 63.9 cm³/mol. The molecule has 4 N–H and O–H groups in total. The van der Waals surface area contributed by atoms with Crippen molar-refractivity contribution in [1.29, 1.82) is 0 Å². The zero-order valence-corrected chi connectivity index (χ0v) is 8.84. The van der Waals surface area contributed by atoms with Crippen LogP contribution in [0.5, 0.6) is 0 Å². The van der Waals surface area contributed by atoms with Crippen molar-refractivity contribution in [3.8, 4) is 11.1 Å². The van der Waals surface area contributed by atoms with Crippen molar-refractivity contribution >= 4 is 18.4 Å². The minimum atomic E-state index is -1.63. The molecular formula is C11H10BFN2O2. The maximum atomic E-state index is 13.1. The molecule has 17 heavy (non-hydrogen) atoms. The molecule has 1 aromatic heterocycles. The van der Waals surface area contributed by atoms with Crippen LogP contribution in [0.3, 0.4) is 0 Å². The SMILES string of the molecule is Nc1ncc(B(O)O)cc1-c1cccc(F)c1. The molecule has 0 aliphatic carbocycles. The van der Waals surface area contributed by atoms with Gasteiger partial charge in [-0.05, 0) is 23.8 Å². The Morgan fingerprint density at radius 2 is 2.00 bits per heavy atom. The molecule has 0 amide bonds. The fourth-order valence-corrected chi connectivity index (χ4v) is 1.52. The van der Waals surface area contributed by atoms with Crippen LogP contribution in [0.25, 0.3) is 11.1 Å². The first kappa shape index (κ1) is 11.6. The van der Waals surface area contributed by atoms with Gasteiger partial charge in [-0.15, -0.1) is 0 Å². The molecule has 2 aromatic rings. The van der Waals surface area contributed by atoms with Crippen LogP contribution in [0.2, 0.25) is 0 Å². The zero-order valence-electron chi connectivity index (χ0n) is 8.84. The van der Waals surface area contributed by atoms with Gasteiger partial charge < -0.3 is 15.8 Å². The lowest BCUT2D eigenvalue weighted by Crippen LogP contribution is -2.30. The molecule has 86 valence electrons. The van der Waals surface area contributed by atoms with Crippen molar-refractivity contribution in [3.63, 3.8) is 0 Å². The van der Waals surface area contributed by atoms with Gasteiger partial charge in [0.15, 0.2) is 0 Å². The van der Waals surface area contributed by atoms with E-state index in [1.54, 1.807) is 12.1 Å². The van der Waals surface area contributed by atoms with E-state index in [-0.39, 0.29) is 11.3 Å². The van der Waals surface area contributed by atoms with Crippen molar-refractivity contribution in [3.05, 3.63) is 42.3 Å². The highest BCUT2D eigenvalue weighted by Crippen LogP contribution is 2.23. The Morgan fingerprint density at radius 3 is 2.65 bits per heavy atom. The number of rotatable bonds is 2. The number of aromatic nitrogens is 1. The van der Waals surface area contributed by atoms with Crippen molar-refractivity contribution in [2.24, 2.45) is 0 Å². The molecule has 2 rings (SSSR count). The molecule has 4 nitrogen and oxygen atoms in total. The molecule has 1 heterocycles. The third-order valence-corrected chi connectivity index (χ3v) is 2.37. The van der Waals surface area contributed by atoms with E-state index >= 15 is 0 Å². The van der Waals surface area contributed by atoms with Gasteiger partial charge in [0.05, 0.1) is 0 Å². The monoisotopic (exact) mass is 232 g/mol. The summed E-state index contributed by atoms with van der Waals surface area (Å²) in [6.45, 7) is 0. The Bertz CT molecular complexity index is 549. The van der Waals surface area contributed by atoms with Crippen molar-refractivity contribution in [2.45, 2.75) is 0 Å². The average Bonchev–Trinajstić information content (AvgIpc) is 2.29. The maximum Gasteiger partial charge on any atom is 0.490 e. The molecule has 0 saturated heterocycles. The number of anilines is 1. The van der Waals surface area contributed by atoms with Gasteiger partial charge in [-0.3, -0.25) is 0 Å². The largest absolute Gasteiger partial charge is 0.490 e. The molecule has 0 spiro atoms. The van der Waals surface area contributed by atoms with E-state index in [0.717, 1.165) is 0 Å². The molecule has 1 aromatic carbocycles. The lowest BCUT2D eigenvalue weighted by molar-refractivity contribution is 0.425. The molecule has 0 saturated carbocycles. The summed E-state index contributed by atoms with van der Waals surface area (Å²) in [6, 6.07) is 7.32. The summed E-state index contributed by atoms with van der Waals surface area (Å²) in [5.41, 5.74) is 6.89. The topological polar surface area (TPSA) is 79.4 Å². The van der Waals surface area contributed by atoms with Crippen LogP contribution in [-0.2, 0) is 0 Å². The number of nitrogens with two attached hydrogens (primary N) is 1. The summed E-state index contributed by atoms with van der Waals surface area (Å²) in [7, 11) is -1.63. The molecule has 0 fully saturated rings. The van der Waals surface area contributed by atoms with Gasteiger partial charge in [0, 0.05) is 17.2 Å². The average molecular weight is 232 g/mol. The summed E-state index contributed by atoms with van der Waals surface area (Å²) >= 11 is 0. The maximum absolute atomic E-state index is 13.1. The van der Waals surface area contributed by atoms with E-state index in [2.05, 4.69) is 4.98 Å². The van der Waals surface area contributed by atoms with E-state index in [9.17, 15) is 4.39 Å². The van der Waals surface area contributed by atoms with Gasteiger partial charge in [0.1, 0.15) is 11.6 Å². The fourth-order valence-electron chi connectivity index (χ4n) is 1.52. The summed E-state index contributed by atoms with van der Waals surface area (Å²) in [6.07, 6.45) is 1.27. The Hall–Kier alpha value is -1.92. The van der Waals surface area contributed by atoms with Gasteiger partial charge in [-0.2, -0.15) is 0 Å². The number of halogens is 1. The highest BCUT2D eigenvalue weighted by atomic mass is 19.1. The Morgan fingerprint density at radius 1 is 1.24 bits per heavy atom. The number of nitrogen functional groups attached to an aromatic ring is 1. The van der Waals surface area contributed by atoms with E-state index in [1.165, 1.54) is 24.4 Å². The van der Waals surface area contributed by atoms with E-state index < -0.39 is 12.9 Å². The highest BCUT2D eigenvalue weighted by Gasteiger charge is 2.14. The van der Waals surface area contributed by atoms with Crippen LogP contribution in [0.15, 0.2) is 36.5 Å². The molecule has 0 unspecified atom stereocenters. The van der Waals surface area contributed by atoms with Crippen LogP contribution in [0, 0.1) is 5.82 Å². The van der Waals surface area contributed by atoms with Crippen molar-refractivity contribution in [1.82, 2.24) is 4.98 Å². The number of pyridine rings is 1. The minimum Gasteiger partial charge on any atom is -0.423 e. The molecule has 0 radical (unpaired) electrons. The highest BCUT2D eigenvalue weighted by molar-refractivity contribution is 6.58. The van der Waals surface area contributed by atoms with Crippen LogP contribution >= 0.6 is 0 Å². The van der Waals surface area contributed by atoms with Crippen LogP contribution in [0.4, 0.5) is 10.2 Å². The summed E-state index contributed by atoms with van der Waals surface area (Å²) in [5, 5.41) is 18.1. The molecule has 0 aliphatic heterocycles. The van der Waals surface area contributed by atoms with Crippen molar-refractivity contribution in [2.75, 3.05) is 5.73 Å². The lowest BCUT2D eigenvalue weighted by atomic mass is 9.80. The normalized spacial score (nSPS) is 10.3. The Balaban J connectivity index is 2.54. The van der Waals surface area contributed by atoms with E-state index in [4.69, 9.17) is 15.8 Å². The number of benzene rings is 1. The predicted octanol–water partition coefficient (Wildman–Crippen LogP) is 0.150. The zero-order chi connectivity index (χ0) is 12.4. The third kappa shape index (κ3) is 2.43. The van der Waals surface area contributed by atoms with Crippen molar-refractivity contribution < 1.29 is 14.4 Å². The van der Waals surface area contributed by atoms with E-state index in [0.29, 0.717) is 11.1 Å². The summed E-state index contributed by atoms with van der Waals surface area (Å²) < 4.78 is 13.1. The lowest BCUT2D eigenvalue weighted by Gasteiger charge is -2.07. The van der Waals surface area contributed by atoms with Gasteiger partial charge in [-0.25, -0.2) is 9.37 Å². The number of hydrogen-bond acceptors (Lipinski definition) is 4. The molecular weight excluding hydrogens is 222 g/mol. The molecule has 0 atom stereocenters. The fraction of sp³-hybridized carbons (Fsp3) is 0. The molecule has 6 heteroatoms. The second-order valence-electron chi connectivity index (χ2n) is 3.59. The number of hydrogen-bond donors (Lipinski definition) is 3. The summed E-state index contributed by atoms with van der Waals surface area (Å²) in [5.74, 6) is -0.183. The smallest absolute Gasteiger partial charge is 0.423 e. The summed E-state index contributed by atoms with van der Waals surface area (Å²) in [4.78, 5) is 3.84. The number of nitrogens with zero attached hydrogens (tertiary/aromatic N) is 1.